The van der Waals surface area contributed by atoms with E-state index in [1.54, 1.807) is 30.9 Å². The average molecular weight is 358 g/mol. The number of rotatable bonds is 6. The molecule has 3 aromatic rings. The van der Waals surface area contributed by atoms with E-state index in [1.807, 2.05) is 10.8 Å². The maximum Gasteiger partial charge on any atom is 0.123 e. The number of nitrogens with one attached hydrogen (secondary N) is 2. The Balaban J connectivity index is 0.00000132. The number of hydrogen-bond donors (Lipinski definition) is 2. The number of imidazole rings is 1. The second-order valence-electron chi connectivity index (χ2n) is 4.75. The molecule has 5 nitrogen and oxygen atoms in total. The van der Waals surface area contributed by atoms with Crippen molar-refractivity contribution in [2.45, 2.75) is 13.1 Å². The minimum atomic E-state index is -0.238. The molecule has 0 spiro atoms. The van der Waals surface area contributed by atoms with Crippen molar-refractivity contribution in [3.05, 3.63) is 60.6 Å². The number of aromatic nitrogens is 4. The summed E-state index contributed by atoms with van der Waals surface area (Å²) < 4.78 is 15.0. The second kappa shape index (κ2) is 9.29. The molecule has 3 rings (SSSR count). The number of nitrogens with zero attached hydrogens (tertiary/aromatic N) is 3. The molecule has 2 heterocycles. The van der Waals surface area contributed by atoms with E-state index in [4.69, 9.17) is 0 Å². The highest BCUT2D eigenvalue weighted by molar-refractivity contribution is 5.85. The third kappa shape index (κ3) is 5.06. The lowest BCUT2D eigenvalue weighted by molar-refractivity contribution is 0.598. The van der Waals surface area contributed by atoms with Gasteiger partial charge in [0.05, 0.1) is 18.2 Å². The molecule has 0 amide bonds. The van der Waals surface area contributed by atoms with Gasteiger partial charge in [0.25, 0.3) is 0 Å². The van der Waals surface area contributed by atoms with Gasteiger partial charge in [-0.2, -0.15) is 5.10 Å². The third-order valence-electron chi connectivity index (χ3n) is 3.27. The van der Waals surface area contributed by atoms with Crippen LogP contribution in [0.1, 0.15) is 5.56 Å². The molecule has 124 valence electrons. The zero-order valence-corrected chi connectivity index (χ0v) is 13.9. The highest BCUT2D eigenvalue weighted by Crippen LogP contribution is 2.21. The number of hydrogen-bond acceptors (Lipinski definition) is 3. The maximum absolute atomic E-state index is 13.0. The summed E-state index contributed by atoms with van der Waals surface area (Å²) in [7, 11) is 0. The lowest BCUT2D eigenvalue weighted by Gasteiger charge is -2.06. The number of halogens is 3. The summed E-state index contributed by atoms with van der Waals surface area (Å²) in [6.07, 6.45) is 7.29. The summed E-state index contributed by atoms with van der Waals surface area (Å²) in [6.45, 7) is 2.41. The first-order valence-corrected chi connectivity index (χ1v) is 6.77. The minimum absolute atomic E-state index is 0. The Morgan fingerprint density at radius 3 is 2.65 bits per heavy atom. The first-order chi connectivity index (χ1) is 10.3. The topological polar surface area (TPSA) is 58.5 Å². The van der Waals surface area contributed by atoms with E-state index in [2.05, 4.69) is 20.5 Å². The smallest absolute Gasteiger partial charge is 0.123 e. The molecule has 0 saturated heterocycles. The quantitative estimate of drug-likeness (QED) is 0.666. The van der Waals surface area contributed by atoms with Crippen molar-refractivity contribution in [3.8, 4) is 11.3 Å². The summed E-state index contributed by atoms with van der Waals surface area (Å²) >= 11 is 0. The summed E-state index contributed by atoms with van der Waals surface area (Å²) in [5.41, 5.74) is 2.91. The number of aromatic amines is 1. The molecule has 1 aromatic carbocycles. The number of H-pyrrole nitrogens is 1. The monoisotopic (exact) mass is 357 g/mol. The van der Waals surface area contributed by atoms with Crippen molar-refractivity contribution in [2.24, 2.45) is 0 Å². The molecule has 0 aliphatic rings. The van der Waals surface area contributed by atoms with Gasteiger partial charge >= 0.3 is 0 Å². The van der Waals surface area contributed by atoms with Gasteiger partial charge in [0.2, 0.25) is 0 Å². The summed E-state index contributed by atoms with van der Waals surface area (Å²) in [4.78, 5) is 4.00. The van der Waals surface area contributed by atoms with E-state index in [9.17, 15) is 4.39 Å². The minimum Gasteiger partial charge on any atom is -0.336 e. The van der Waals surface area contributed by atoms with Crippen molar-refractivity contribution in [1.29, 1.82) is 0 Å². The van der Waals surface area contributed by atoms with E-state index in [0.717, 1.165) is 29.9 Å². The van der Waals surface area contributed by atoms with Gasteiger partial charge in [-0.05, 0) is 24.3 Å². The van der Waals surface area contributed by atoms with Crippen LogP contribution in [0, 0.1) is 5.82 Å². The van der Waals surface area contributed by atoms with Gasteiger partial charge in [-0.15, -0.1) is 24.8 Å². The highest BCUT2D eigenvalue weighted by Gasteiger charge is 2.07. The van der Waals surface area contributed by atoms with Crippen LogP contribution in [0.25, 0.3) is 11.3 Å². The van der Waals surface area contributed by atoms with Crippen molar-refractivity contribution in [1.82, 2.24) is 25.1 Å². The lowest BCUT2D eigenvalue weighted by atomic mass is 10.1. The summed E-state index contributed by atoms with van der Waals surface area (Å²) in [5, 5.41) is 10.4. The van der Waals surface area contributed by atoms with Crippen LogP contribution < -0.4 is 5.32 Å². The van der Waals surface area contributed by atoms with Gasteiger partial charge in [0, 0.05) is 43.2 Å². The molecule has 2 aromatic heterocycles. The van der Waals surface area contributed by atoms with E-state index in [-0.39, 0.29) is 30.6 Å². The third-order valence-corrected chi connectivity index (χ3v) is 3.27. The van der Waals surface area contributed by atoms with E-state index < -0.39 is 0 Å². The summed E-state index contributed by atoms with van der Waals surface area (Å²) in [5.74, 6) is -0.238. The van der Waals surface area contributed by atoms with Crippen LogP contribution in [0.3, 0.4) is 0 Å². The first-order valence-electron chi connectivity index (χ1n) is 6.77. The van der Waals surface area contributed by atoms with E-state index in [1.165, 1.54) is 12.1 Å². The summed E-state index contributed by atoms with van der Waals surface area (Å²) in [6, 6.07) is 6.40. The average Bonchev–Trinajstić information content (AvgIpc) is 3.16. The first kappa shape index (κ1) is 19.2. The Morgan fingerprint density at radius 1 is 1.17 bits per heavy atom. The van der Waals surface area contributed by atoms with Gasteiger partial charge in [-0.25, -0.2) is 9.37 Å². The molecule has 23 heavy (non-hydrogen) atoms. The van der Waals surface area contributed by atoms with Crippen molar-refractivity contribution >= 4 is 24.8 Å². The molecule has 2 N–H and O–H groups in total. The zero-order chi connectivity index (χ0) is 14.5. The van der Waals surface area contributed by atoms with Gasteiger partial charge in [-0.3, -0.25) is 5.10 Å². The Bertz CT molecular complexity index is 682. The van der Waals surface area contributed by atoms with Crippen LogP contribution in [-0.4, -0.2) is 26.3 Å². The Hall–Kier alpha value is -1.89. The van der Waals surface area contributed by atoms with Crippen LogP contribution >= 0.6 is 24.8 Å². The molecule has 0 bridgehead atoms. The predicted octanol–water partition coefficient (Wildman–Crippen LogP) is 3.05. The van der Waals surface area contributed by atoms with Gasteiger partial charge < -0.3 is 9.88 Å². The second-order valence-corrected chi connectivity index (χ2v) is 4.75. The van der Waals surface area contributed by atoms with Crippen LogP contribution in [0.4, 0.5) is 4.39 Å². The molecule has 0 aliphatic carbocycles. The Morgan fingerprint density at radius 2 is 1.96 bits per heavy atom. The van der Waals surface area contributed by atoms with Crippen molar-refractivity contribution in [2.75, 3.05) is 6.54 Å². The maximum atomic E-state index is 13.0. The number of benzene rings is 1. The lowest BCUT2D eigenvalue weighted by Crippen LogP contribution is -2.19. The fourth-order valence-corrected chi connectivity index (χ4v) is 2.16. The van der Waals surface area contributed by atoms with Gasteiger partial charge in [-0.1, -0.05) is 0 Å². The van der Waals surface area contributed by atoms with E-state index in [0.29, 0.717) is 6.54 Å². The highest BCUT2D eigenvalue weighted by atomic mass is 35.5. The van der Waals surface area contributed by atoms with Crippen LogP contribution in [0.5, 0.6) is 0 Å². The Labute approximate surface area is 146 Å². The molecule has 0 aliphatic heterocycles. The van der Waals surface area contributed by atoms with Gasteiger partial charge in [0.1, 0.15) is 5.82 Å². The molecule has 0 saturated carbocycles. The molecule has 0 atom stereocenters. The molecular weight excluding hydrogens is 340 g/mol. The van der Waals surface area contributed by atoms with Crippen LogP contribution in [-0.2, 0) is 13.1 Å². The van der Waals surface area contributed by atoms with Crippen LogP contribution in [0.2, 0.25) is 0 Å². The fraction of sp³-hybridized carbons (Fsp3) is 0.200. The molecule has 0 unspecified atom stereocenters. The van der Waals surface area contributed by atoms with Crippen molar-refractivity contribution < 1.29 is 4.39 Å². The standard InChI is InChI=1S/C15H16FN5.2ClH/c16-14-3-1-12(2-4-14)15-13(10-19-20-15)9-17-5-7-21-8-6-18-11-21;;/h1-4,6,8,10-11,17H,5,7,9H2,(H,19,20);2*1H. The molecular formula is C15H18Cl2FN5. The Kier molecular flexibility index (Phi) is 7.74. The predicted molar refractivity (Wildman–Crippen MR) is 92.4 cm³/mol. The zero-order valence-electron chi connectivity index (χ0n) is 12.3. The molecule has 8 heteroatoms. The van der Waals surface area contributed by atoms with Gasteiger partial charge in [0.15, 0.2) is 0 Å². The normalized spacial score (nSPS) is 9.96. The largest absolute Gasteiger partial charge is 0.336 e. The van der Waals surface area contributed by atoms with Crippen molar-refractivity contribution in [3.63, 3.8) is 0 Å². The SMILES string of the molecule is Cl.Cl.Fc1ccc(-c2[nH]ncc2CNCCn2ccnc2)cc1. The van der Waals surface area contributed by atoms with E-state index >= 15 is 0 Å². The van der Waals surface area contributed by atoms with Crippen LogP contribution in [0.15, 0.2) is 49.2 Å². The molecule has 0 fully saturated rings. The molecule has 0 radical (unpaired) electrons. The fourth-order valence-electron chi connectivity index (χ4n) is 2.16.